The van der Waals surface area contributed by atoms with Gasteiger partial charge >= 0.3 is 0 Å². The first-order valence-corrected chi connectivity index (χ1v) is 6.38. The van der Waals surface area contributed by atoms with Crippen LogP contribution < -0.4 is 0 Å². The molecule has 0 unspecified atom stereocenters. The molecule has 0 saturated heterocycles. The maximum absolute atomic E-state index is 2.41. The van der Waals surface area contributed by atoms with Crippen molar-refractivity contribution in [2.45, 2.75) is 59.3 Å². The highest BCUT2D eigenvalue weighted by atomic mass is 32.1. The first-order valence-electron chi connectivity index (χ1n) is 5.57. The smallest absolute Gasteiger partial charge is 0.0108 e. The standard InChI is InChI=1S/C13H22S/c1-8(2)11-7-12(9(3)4)14-13(11)10(5)6/h7-10H,1-6H3. The van der Waals surface area contributed by atoms with Crippen LogP contribution in [0.4, 0.5) is 0 Å². The Balaban J connectivity index is 3.12. The van der Waals surface area contributed by atoms with Crippen LogP contribution in [0.3, 0.4) is 0 Å². The fourth-order valence-electron chi connectivity index (χ4n) is 1.63. The summed E-state index contributed by atoms with van der Waals surface area (Å²) >= 11 is 2.00. The summed E-state index contributed by atoms with van der Waals surface area (Å²) in [6.45, 7) is 13.7. The summed E-state index contributed by atoms with van der Waals surface area (Å²) in [6, 6.07) is 2.41. The third-order valence-electron chi connectivity index (χ3n) is 2.53. The third-order valence-corrected chi connectivity index (χ3v) is 4.28. The normalized spacial score (nSPS) is 12.1. The molecule has 0 atom stereocenters. The molecule has 1 heterocycles. The number of thiophene rings is 1. The van der Waals surface area contributed by atoms with Crippen molar-refractivity contribution in [1.29, 1.82) is 0 Å². The molecule has 0 aliphatic rings. The summed E-state index contributed by atoms with van der Waals surface area (Å²) in [4.78, 5) is 3.13. The Hall–Kier alpha value is -0.300. The van der Waals surface area contributed by atoms with E-state index in [0.29, 0.717) is 17.8 Å². The van der Waals surface area contributed by atoms with Crippen molar-refractivity contribution in [3.05, 3.63) is 21.4 Å². The molecule has 0 fully saturated rings. The molecule has 0 aliphatic heterocycles. The Labute approximate surface area is 92.4 Å². The van der Waals surface area contributed by atoms with Gasteiger partial charge in [-0.15, -0.1) is 11.3 Å². The second kappa shape index (κ2) is 4.48. The molecule has 1 aromatic heterocycles. The van der Waals surface area contributed by atoms with E-state index in [1.165, 1.54) is 4.88 Å². The zero-order valence-electron chi connectivity index (χ0n) is 10.2. The summed E-state index contributed by atoms with van der Waals surface area (Å²) in [6.07, 6.45) is 0. The summed E-state index contributed by atoms with van der Waals surface area (Å²) in [7, 11) is 0. The molecule has 1 aromatic rings. The molecule has 80 valence electrons. The Morgan fingerprint density at radius 1 is 0.857 bits per heavy atom. The van der Waals surface area contributed by atoms with E-state index >= 15 is 0 Å². The molecule has 0 N–H and O–H groups in total. The van der Waals surface area contributed by atoms with Crippen molar-refractivity contribution in [3.63, 3.8) is 0 Å². The second-order valence-corrected chi connectivity index (χ2v) is 6.05. The van der Waals surface area contributed by atoms with Gasteiger partial charge < -0.3 is 0 Å². The van der Waals surface area contributed by atoms with Crippen LogP contribution in [0.1, 0.15) is 74.6 Å². The monoisotopic (exact) mass is 210 g/mol. The van der Waals surface area contributed by atoms with Crippen LogP contribution in [0.2, 0.25) is 0 Å². The van der Waals surface area contributed by atoms with Crippen molar-refractivity contribution in [1.82, 2.24) is 0 Å². The lowest BCUT2D eigenvalue weighted by Crippen LogP contribution is -1.92. The van der Waals surface area contributed by atoms with Crippen LogP contribution in [0.25, 0.3) is 0 Å². The van der Waals surface area contributed by atoms with Gasteiger partial charge in [0.15, 0.2) is 0 Å². The van der Waals surface area contributed by atoms with Crippen molar-refractivity contribution >= 4 is 11.3 Å². The van der Waals surface area contributed by atoms with Gasteiger partial charge in [0.2, 0.25) is 0 Å². The first kappa shape index (κ1) is 11.8. The number of rotatable bonds is 3. The van der Waals surface area contributed by atoms with Crippen molar-refractivity contribution < 1.29 is 0 Å². The van der Waals surface area contributed by atoms with Gasteiger partial charge in [-0.2, -0.15) is 0 Å². The van der Waals surface area contributed by atoms with Gasteiger partial charge in [0.25, 0.3) is 0 Å². The van der Waals surface area contributed by atoms with E-state index < -0.39 is 0 Å². The SMILES string of the molecule is CC(C)c1cc(C(C)C)c(C(C)C)s1. The molecule has 0 aromatic carbocycles. The highest BCUT2D eigenvalue weighted by Gasteiger charge is 2.15. The minimum absolute atomic E-state index is 0.663. The lowest BCUT2D eigenvalue weighted by atomic mass is 9.98. The van der Waals surface area contributed by atoms with E-state index in [1.54, 1.807) is 10.4 Å². The molecule has 1 heteroatoms. The molecule has 0 aliphatic carbocycles. The Bertz CT molecular complexity index is 267. The molecule has 14 heavy (non-hydrogen) atoms. The highest BCUT2D eigenvalue weighted by molar-refractivity contribution is 7.12. The molecule has 0 radical (unpaired) electrons. The quantitative estimate of drug-likeness (QED) is 0.649. The molecular weight excluding hydrogens is 188 g/mol. The summed E-state index contributed by atoms with van der Waals surface area (Å²) in [5.74, 6) is 2.01. The first-order chi connectivity index (χ1) is 6.43. The zero-order chi connectivity index (χ0) is 10.9. The van der Waals surface area contributed by atoms with E-state index in [-0.39, 0.29) is 0 Å². The lowest BCUT2D eigenvalue weighted by Gasteiger charge is -2.08. The van der Waals surface area contributed by atoms with E-state index in [9.17, 15) is 0 Å². The van der Waals surface area contributed by atoms with Crippen LogP contribution >= 0.6 is 11.3 Å². The Morgan fingerprint density at radius 2 is 1.43 bits per heavy atom. The van der Waals surface area contributed by atoms with Gasteiger partial charge in [0.1, 0.15) is 0 Å². The van der Waals surface area contributed by atoms with Crippen molar-refractivity contribution in [2.75, 3.05) is 0 Å². The zero-order valence-corrected chi connectivity index (χ0v) is 11.0. The van der Waals surface area contributed by atoms with Crippen LogP contribution in [-0.4, -0.2) is 0 Å². The maximum Gasteiger partial charge on any atom is 0.0108 e. The summed E-state index contributed by atoms with van der Waals surface area (Å²) in [5.41, 5.74) is 1.56. The van der Waals surface area contributed by atoms with Crippen molar-refractivity contribution in [2.24, 2.45) is 0 Å². The fourth-order valence-corrected chi connectivity index (χ4v) is 2.95. The van der Waals surface area contributed by atoms with Gasteiger partial charge in [-0.05, 0) is 29.4 Å². The largest absolute Gasteiger partial charge is 0.145 e. The topological polar surface area (TPSA) is 0 Å². The van der Waals surface area contributed by atoms with Gasteiger partial charge in [-0.25, -0.2) is 0 Å². The second-order valence-electron chi connectivity index (χ2n) is 4.93. The van der Waals surface area contributed by atoms with Crippen LogP contribution in [-0.2, 0) is 0 Å². The average Bonchev–Trinajstić information content (AvgIpc) is 2.47. The molecular formula is C13H22S. The van der Waals surface area contributed by atoms with E-state index in [4.69, 9.17) is 0 Å². The lowest BCUT2D eigenvalue weighted by molar-refractivity contribution is 0.807. The molecule has 0 spiro atoms. The van der Waals surface area contributed by atoms with Crippen molar-refractivity contribution in [3.8, 4) is 0 Å². The van der Waals surface area contributed by atoms with Crippen LogP contribution in [0.15, 0.2) is 6.07 Å². The van der Waals surface area contributed by atoms with E-state index in [2.05, 4.69) is 47.6 Å². The van der Waals surface area contributed by atoms with Gasteiger partial charge in [0.05, 0.1) is 0 Å². The number of hydrogen-bond acceptors (Lipinski definition) is 1. The van der Waals surface area contributed by atoms with Crippen LogP contribution in [0, 0.1) is 0 Å². The summed E-state index contributed by atoms with van der Waals surface area (Å²) < 4.78 is 0. The average molecular weight is 210 g/mol. The minimum atomic E-state index is 0.663. The fraction of sp³-hybridized carbons (Fsp3) is 0.692. The summed E-state index contributed by atoms with van der Waals surface area (Å²) in [5, 5.41) is 0. The minimum Gasteiger partial charge on any atom is -0.145 e. The molecule has 0 bridgehead atoms. The van der Waals surface area contributed by atoms with E-state index in [0.717, 1.165) is 0 Å². The molecule has 0 nitrogen and oxygen atoms in total. The van der Waals surface area contributed by atoms with Gasteiger partial charge in [-0.1, -0.05) is 41.5 Å². The molecule has 0 amide bonds. The van der Waals surface area contributed by atoms with Gasteiger partial charge in [0, 0.05) is 9.75 Å². The molecule has 0 saturated carbocycles. The predicted octanol–water partition coefficient (Wildman–Crippen LogP) is 5.12. The number of hydrogen-bond donors (Lipinski definition) is 0. The van der Waals surface area contributed by atoms with Crippen LogP contribution in [0.5, 0.6) is 0 Å². The van der Waals surface area contributed by atoms with Gasteiger partial charge in [-0.3, -0.25) is 0 Å². The van der Waals surface area contributed by atoms with E-state index in [1.807, 2.05) is 11.3 Å². The predicted molar refractivity (Wildman–Crippen MR) is 66.6 cm³/mol. The maximum atomic E-state index is 2.41. The Morgan fingerprint density at radius 3 is 1.71 bits per heavy atom. The third kappa shape index (κ3) is 2.38. The highest BCUT2D eigenvalue weighted by Crippen LogP contribution is 2.36. The Kier molecular flexibility index (Phi) is 3.77. The molecule has 1 rings (SSSR count).